The smallest absolute Gasteiger partial charge is 0.160 e. The Morgan fingerprint density at radius 2 is 1.74 bits per heavy atom. The lowest BCUT2D eigenvalue weighted by atomic mass is 9.78. The number of benzene rings is 1. The van der Waals surface area contributed by atoms with E-state index in [0.29, 0.717) is 11.8 Å². The van der Waals surface area contributed by atoms with E-state index in [1.165, 1.54) is 31.2 Å². The summed E-state index contributed by atoms with van der Waals surface area (Å²) >= 11 is 0. The van der Waals surface area contributed by atoms with Gasteiger partial charge in [-0.1, -0.05) is 24.3 Å². The maximum atomic E-state index is 8.87. The number of hydrogen-bond donors (Lipinski definition) is 0. The molecule has 3 nitrogen and oxygen atoms in total. The van der Waals surface area contributed by atoms with E-state index in [0.717, 1.165) is 31.6 Å². The second kappa shape index (κ2) is 8.29. The van der Waals surface area contributed by atoms with Gasteiger partial charge in [0.25, 0.3) is 0 Å². The Morgan fingerprint density at radius 3 is 2.39 bits per heavy atom. The fourth-order valence-corrected chi connectivity index (χ4v) is 3.53. The molecular weight excluding hydrogens is 286 g/mol. The predicted octanol–water partition coefficient (Wildman–Crippen LogP) is 4.54. The molecule has 0 radical (unpaired) electrons. The Labute approximate surface area is 138 Å². The molecule has 1 saturated carbocycles. The topological polar surface area (TPSA) is 42.2 Å². The Hall–Kier alpha value is -1.63. The average molecular weight is 311 g/mol. The summed E-state index contributed by atoms with van der Waals surface area (Å²) in [5.41, 5.74) is 2.13. The molecule has 0 bridgehead atoms. The fourth-order valence-electron chi connectivity index (χ4n) is 3.53. The van der Waals surface area contributed by atoms with Gasteiger partial charge in [-0.3, -0.25) is 0 Å². The van der Waals surface area contributed by atoms with Crippen LogP contribution >= 0.6 is 0 Å². The van der Waals surface area contributed by atoms with E-state index in [1.54, 1.807) is 0 Å². The third-order valence-corrected chi connectivity index (χ3v) is 4.92. The monoisotopic (exact) mass is 311 g/mol. The van der Waals surface area contributed by atoms with Crippen molar-refractivity contribution in [3.8, 4) is 6.07 Å². The first-order chi connectivity index (χ1) is 11.3. The van der Waals surface area contributed by atoms with Gasteiger partial charge in [-0.25, -0.2) is 0 Å². The van der Waals surface area contributed by atoms with Crippen molar-refractivity contribution in [2.75, 3.05) is 13.2 Å². The third-order valence-electron chi connectivity index (χ3n) is 4.92. The molecule has 122 valence electrons. The lowest BCUT2D eigenvalue weighted by molar-refractivity contribution is -0.175. The van der Waals surface area contributed by atoms with Gasteiger partial charge in [-0.2, -0.15) is 5.26 Å². The minimum Gasteiger partial charge on any atom is -0.352 e. The van der Waals surface area contributed by atoms with E-state index in [1.807, 2.05) is 12.1 Å². The fraction of sp³-hybridized carbons (Fsp3) is 0.550. The maximum absolute atomic E-state index is 8.87. The molecule has 0 atom stereocenters. The van der Waals surface area contributed by atoms with Crippen LogP contribution in [-0.4, -0.2) is 19.5 Å². The summed E-state index contributed by atoms with van der Waals surface area (Å²) in [6.45, 7) is 1.66. The molecule has 3 heteroatoms. The van der Waals surface area contributed by atoms with Crippen molar-refractivity contribution in [2.45, 2.75) is 50.7 Å². The molecule has 0 spiro atoms. The normalized spacial score (nSPS) is 26.2. The molecule has 1 saturated heterocycles. The first-order valence-corrected chi connectivity index (χ1v) is 8.75. The molecule has 1 aromatic carbocycles. The Balaban J connectivity index is 1.43. The van der Waals surface area contributed by atoms with Crippen LogP contribution in [0.3, 0.4) is 0 Å². The van der Waals surface area contributed by atoms with Crippen molar-refractivity contribution in [3.63, 3.8) is 0 Å². The van der Waals surface area contributed by atoms with Gasteiger partial charge in [0.2, 0.25) is 0 Å². The van der Waals surface area contributed by atoms with E-state index in [4.69, 9.17) is 14.7 Å². The molecule has 0 N–H and O–H groups in total. The van der Waals surface area contributed by atoms with E-state index in [-0.39, 0.29) is 6.29 Å². The van der Waals surface area contributed by atoms with Crippen LogP contribution in [0.2, 0.25) is 0 Å². The minimum atomic E-state index is -0.0324. The number of allylic oxidation sites excluding steroid dienone is 1. The number of hydrogen-bond acceptors (Lipinski definition) is 3. The Morgan fingerprint density at radius 1 is 1.04 bits per heavy atom. The zero-order valence-corrected chi connectivity index (χ0v) is 13.6. The number of nitrogens with zero attached hydrogens (tertiary/aromatic N) is 1. The van der Waals surface area contributed by atoms with E-state index in [9.17, 15) is 0 Å². The van der Waals surface area contributed by atoms with Gasteiger partial charge in [0.05, 0.1) is 24.8 Å². The van der Waals surface area contributed by atoms with Crippen molar-refractivity contribution < 1.29 is 9.47 Å². The second-order valence-electron chi connectivity index (χ2n) is 6.53. The second-order valence-corrected chi connectivity index (χ2v) is 6.53. The first kappa shape index (κ1) is 16.2. The number of rotatable bonds is 4. The standard InChI is InChI=1S/C20H25NO2/c21-15-17-7-11-19(12-8-17)18-9-5-16(6-10-18)3-1-4-20-22-13-2-14-23-20/h1,3,7-8,11-12,16,18,20H,2,4-6,9-10,13-14H2/b3-1+. The summed E-state index contributed by atoms with van der Waals surface area (Å²) in [6, 6.07) is 10.3. The molecule has 1 heterocycles. The van der Waals surface area contributed by atoms with Crippen LogP contribution in [0.15, 0.2) is 36.4 Å². The largest absolute Gasteiger partial charge is 0.352 e. The zero-order chi connectivity index (χ0) is 15.9. The summed E-state index contributed by atoms with van der Waals surface area (Å²) in [4.78, 5) is 0. The van der Waals surface area contributed by atoms with Gasteiger partial charge in [0, 0.05) is 6.42 Å². The van der Waals surface area contributed by atoms with E-state index >= 15 is 0 Å². The SMILES string of the molecule is N#Cc1ccc(C2CCC(/C=C/CC3OCCCO3)CC2)cc1. The van der Waals surface area contributed by atoms with Gasteiger partial charge >= 0.3 is 0 Å². The zero-order valence-electron chi connectivity index (χ0n) is 13.6. The van der Waals surface area contributed by atoms with Gasteiger partial charge in [0.15, 0.2) is 6.29 Å². The molecular formula is C20H25NO2. The minimum absolute atomic E-state index is 0.0324. The van der Waals surface area contributed by atoms with Crippen molar-refractivity contribution in [1.29, 1.82) is 5.26 Å². The van der Waals surface area contributed by atoms with Crippen molar-refractivity contribution in [2.24, 2.45) is 5.92 Å². The molecule has 2 fully saturated rings. The van der Waals surface area contributed by atoms with Crippen molar-refractivity contribution >= 4 is 0 Å². The quantitative estimate of drug-likeness (QED) is 0.767. The van der Waals surface area contributed by atoms with Crippen LogP contribution < -0.4 is 0 Å². The number of nitriles is 1. The predicted molar refractivity (Wildman–Crippen MR) is 89.9 cm³/mol. The molecule has 3 rings (SSSR count). The van der Waals surface area contributed by atoms with Crippen LogP contribution in [0.4, 0.5) is 0 Å². The summed E-state index contributed by atoms with van der Waals surface area (Å²) in [7, 11) is 0. The van der Waals surface area contributed by atoms with Gasteiger partial charge in [-0.15, -0.1) is 0 Å². The van der Waals surface area contributed by atoms with E-state index < -0.39 is 0 Å². The van der Waals surface area contributed by atoms with Gasteiger partial charge in [-0.05, 0) is 61.6 Å². The highest BCUT2D eigenvalue weighted by molar-refractivity contribution is 5.33. The summed E-state index contributed by atoms with van der Waals surface area (Å²) in [5, 5.41) is 8.87. The lowest BCUT2D eigenvalue weighted by Crippen LogP contribution is -2.24. The molecule has 1 aliphatic heterocycles. The molecule has 2 aliphatic rings. The molecule has 0 aromatic heterocycles. The summed E-state index contributed by atoms with van der Waals surface area (Å²) in [5.74, 6) is 1.34. The highest BCUT2D eigenvalue weighted by Gasteiger charge is 2.21. The maximum Gasteiger partial charge on any atom is 0.160 e. The first-order valence-electron chi connectivity index (χ1n) is 8.75. The molecule has 1 aliphatic carbocycles. The third kappa shape index (κ3) is 4.67. The van der Waals surface area contributed by atoms with Crippen LogP contribution in [0.1, 0.15) is 55.6 Å². The van der Waals surface area contributed by atoms with Crippen molar-refractivity contribution in [1.82, 2.24) is 0 Å². The molecule has 0 unspecified atom stereocenters. The molecule has 1 aromatic rings. The van der Waals surface area contributed by atoms with Crippen molar-refractivity contribution in [3.05, 3.63) is 47.5 Å². The Kier molecular flexibility index (Phi) is 5.85. The lowest BCUT2D eigenvalue weighted by Gasteiger charge is -2.27. The van der Waals surface area contributed by atoms with Crippen LogP contribution in [-0.2, 0) is 9.47 Å². The average Bonchev–Trinajstić information content (AvgIpc) is 2.63. The van der Waals surface area contributed by atoms with Gasteiger partial charge < -0.3 is 9.47 Å². The molecule has 23 heavy (non-hydrogen) atoms. The summed E-state index contributed by atoms with van der Waals surface area (Å²) in [6.07, 6.45) is 11.4. The van der Waals surface area contributed by atoms with Crippen LogP contribution in [0, 0.1) is 17.2 Å². The summed E-state index contributed by atoms with van der Waals surface area (Å²) < 4.78 is 11.1. The molecule has 0 amide bonds. The number of ether oxygens (including phenoxy) is 2. The highest BCUT2D eigenvalue weighted by atomic mass is 16.7. The van der Waals surface area contributed by atoms with Crippen LogP contribution in [0.25, 0.3) is 0 Å². The van der Waals surface area contributed by atoms with Gasteiger partial charge in [0.1, 0.15) is 0 Å². The highest BCUT2D eigenvalue weighted by Crippen LogP contribution is 2.36. The van der Waals surface area contributed by atoms with E-state index in [2.05, 4.69) is 30.4 Å². The van der Waals surface area contributed by atoms with Crippen LogP contribution in [0.5, 0.6) is 0 Å². The Bertz CT molecular complexity index is 544.